The van der Waals surface area contributed by atoms with E-state index >= 15 is 0 Å². The van der Waals surface area contributed by atoms with Crippen molar-refractivity contribution in [3.8, 4) is 0 Å². The summed E-state index contributed by atoms with van der Waals surface area (Å²) in [6.45, 7) is 6.18. The number of anilines is 1. The number of thiophene rings is 1. The monoisotopic (exact) mass is 249 g/mol. The number of hydrogen-bond donors (Lipinski definition) is 1. The molecule has 0 spiro atoms. The van der Waals surface area contributed by atoms with Gasteiger partial charge in [-0.3, -0.25) is 4.68 Å². The number of nitrogens with zero attached hydrogens (tertiary/aromatic N) is 2. The largest absolute Gasteiger partial charge is 0.364 e. The van der Waals surface area contributed by atoms with Gasteiger partial charge in [0, 0.05) is 24.8 Å². The fourth-order valence-corrected chi connectivity index (χ4v) is 2.39. The summed E-state index contributed by atoms with van der Waals surface area (Å²) in [6.07, 6.45) is 2.39. The molecule has 0 aliphatic heterocycles. The molecule has 92 valence electrons. The Labute approximate surface area is 106 Å². The molecule has 3 nitrogen and oxygen atoms in total. The molecule has 2 aromatic heterocycles. The summed E-state index contributed by atoms with van der Waals surface area (Å²) in [5.74, 6) is 0.977. The van der Waals surface area contributed by atoms with Gasteiger partial charge in [-0.05, 0) is 35.7 Å². The lowest BCUT2D eigenvalue weighted by Crippen LogP contribution is -2.03. The molecule has 0 aliphatic rings. The van der Waals surface area contributed by atoms with Gasteiger partial charge in [-0.1, -0.05) is 13.3 Å². The maximum absolute atomic E-state index is 4.56. The lowest BCUT2D eigenvalue weighted by Gasteiger charge is -2.02. The van der Waals surface area contributed by atoms with Gasteiger partial charge in [0.15, 0.2) is 0 Å². The number of aryl methyl sites for hydroxylation is 2. The number of aromatic nitrogens is 2. The fourth-order valence-electron chi connectivity index (χ4n) is 1.72. The van der Waals surface area contributed by atoms with Gasteiger partial charge in [0.05, 0.1) is 0 Å². The van der Waals surface area contributed by atoms with E-state index < -0.39 is 0 Å². The van der Waals surface area contributed by atoms with Crippen molar-refractivity contribution in [1.82, 2.24) is 9.78 Å². The van der Waals surface area contributed by atoms with Crippen LogP contribution in [0.25, 0.3) is 0 Å². The van der Waals surface area contributed by atoms with Crippen LogP contribution in [0, 0.1) is 6.92 Å². The molecule has 0 saturated heterocycles. The summed E-state index contributed by atoms with van der Waals surface area (Å²) in [7, 11) is 0. The van der Waals surface area contributed by atoms with Crippen LogP contribution in [0.2, 0.25) is 0 Å². The van der Waals surface area contributed by atoms with Crippen LogP contribution in [0.4, 0.5) is 5.82 Å². The normalized spacial score (nSPS) is 10.7. The average Bonchev–Trinajstić information content (AvgIpc) is 2.93. The molecule has 0 saturated carbocycles. The molecular formula is C13H19N3S. The molecule has 2 aromatic rings. The molecule has 0 bridgehead atoms. The van der Waals surface area contributed by atoms with Crippen molar-refractivity contribution in [1.29, 1.82) is 0 Å². The van der Waals surface area contributed by atoms with Gasteiger partial charge in [-0.15, -0.1) is 0 Å². The highest BCUT2D eigenvalue weighted by atomic mass is 32.1. The second-order valence-corrected chi connectivity index (χ2v) is 5.01. The minimum atomic E-state index is 0.855. The van der Waals surface area contributed by atoms with Gasteiger partial charge in [0.25, 0.3) is 0 Å². The molecule has 2 rings (SSSR count). The van der Waals surface area contributed by atoms with Crippen LogP contribution in [0.5, 0.6) is 0 Å². The van der Waals surface area contributed by atoms with E-state index in [1.807, 2.05) is 0 Å². The van der Waals surface area contributed by atoms with Gasteiger partial charge in [0.1, 0.15) is 5.82 Å². The van der Waals surface area contributed by atoms with E-state index in [9.17, 15) is 0 Å². The predicted molar refractivity (Wildman–Crippen MR) is 73.5 cm³/mol. The zero-order valence-electron chi connectivity index (χ0n) is 10.4. The lowest BCUT2D eigenvalue weighted by molar-refractivity contribution is 0.560. The van der Waals surface area contributed by atoms with Crippen LogP contribution >= 0.6 is 11.3 Å². The van der Waals surface area contributed by atoms with E-state index in [2.05, 4.69) is 51.8 Å². The van der Waals surface area contributed by atoms with Crippen molar-refractivity contribution >= 4 is 17.2 Å². The second-order valence-electron chi connectivity index (χ2n) is 4.23. The molecule has 0 fully saturated rings. The molecule has 1 N–H and O–H groups in total. The Morgan fingerprint density at radius 2 is 2.35 bits per heavy atom. The standard InChI is InChI=1S/C13H19N3S/c1-3-4-6-16-11(2)8-13(15-16)14-9-12-5-7-17-10-12/h5,7-8,10H,3-4,6,9H2,1-2H3,(H,14,15). The van der Waals surface area contributed by atoms with Crippen molar-refractivity contribution in [3.05, 3.63) is 34.2 Å². The first-order valence-corrected chi connectivity index (χ1v) is 7.03. The summed E-state index contributed by atoms with van der Waals surface area (Å²) in [5.41, 5.74) is 2.54. The molecule has 4 heteroatoms. The number of nitrogens with one attached hydrogen (secondary N) is 1. The van der Waals surface area contributed by atoms with Gasteiger partial charge in [-0.2, -0.15) is 16.4 Å². The van der Waals surface area contributed by atoms with Crippen molar-refractivity contribution in [2.24, 2.45) is 0 Å². The second kappa shape index (κ2) is 5.87. The van der Waals surface area contributed by atoms with Crippen LogP contribution in [0.15, 0.2) is 22.9 Å². The van der Waals surface area contributed by atoms with Gasteiger partial charge >= 0.3 is 0 Å². The third-order valence-corrected chi connectivity index (χ3v) is 3.49. The first kappa shape index (κ1) is 12.2. The zero-order chi connectivity index (χ0) is 12.1. The quantitative estimate of drug-likeness (QED) is 0.846. The molecule has 0 aliphatic carbocycles. The fraction of sp³-hybridized carbons (Fsp3) is 0.462. The first-order valence-electron chi connectivity index (χ1n) is 6.09. The molecular weight excluding hydrogens is 230 g/mol. The van der Waals surface area contributed by atoms with E-state index in [1.54, 1.807) is 11.3 Å². The Morgan fingerprint density at radius 3 is 3.06 bits per heavy atom. The first-order chi connectivity index (χ1) is 8.29. The summed E-state index contributed by atoms with van der Waals surface area (Å²) in [6, 6.07) is 4.25. The highest BCUT2D eigenvalue weighted by Gasteiger charge is 2.03. The summed E-state index contributed by atoms with van der Waals surface area (Å²) >= 11 is 1.73. The number of unbranched alkanes of at least 4 members (excludes halogenated alkanes) is 1. The van der Waals surface area contributed by atoms with Crippen molar-refractivity contribution < 1.29 is 0 Å². The molecule has 0 aromatic carbocycles. The Hall–Kier alpha value is -1.29. The van der Waals surface area contributed by atoms with Crippen LogP contribution in [0.3, 0.4) is 0 Å². The molecule has 17 heavy (non-hydrogen) atoms. The SMILES string of the molecule is CCCCn1nc(NCc2ccsc2)cc1C. The Balaban J connectivity index is 1.92. The highest BCUT2D eigenvalue weighted by Crippen LogP contribution is 2.12. The van der Waals surface area contributed by atoms with Crippen molar-refractivity contribution in [2.45, 2.75) is 39.8 Å². The smallest absolute Gasteiger partial charge is 0.148 e. The molecule has 0 atom stereocenters. The molecule has 0 unspecified atom stereocenters. The maximum Gasteiger partial charge on any atom is 0.148 e. The molecule has 0 radical (unpaired) electrons. The third kappa shape index (κ3) is 3.33. The van der Waals surface area contributed by atoms with E-state index in [0.717, 1.165) is 18.9 Å². The molecule has 2 heterocycles. The van der Waals surface area contributed by atoms with E-state index in [1.165, 1.54) is 24.1 Å². The average molecular weight is 249 g/mol. The third-order valence-electron chi connectivity index (χ3n) is 2.76. The lowest BCUT2D eigenvalue weighted by atomic mass is 10.3. The summed E-state index contributed by atoms with van der Waals surface area (Å²) in [4.78, 5) is 0. The van der Waals surface area contributed by atoms with E-state index in [0.29, 0.717) is 0 Å². The minimum Gasteiger partial charge on any atom is -0.364 e. The van der Waals surface area contributed by atoms with Gasteiger partial charge in [0.2, 0.25) is 0 Å². The molecule has 0 amide bonds. The van der Waals surface area contributed by atoms with E-state index in [4.69, 9.17) is 0 Å². The van der Waals surface area contributed by atoms with Crippen LogP contribution in [0.1, 0.15) is 31.0 Å². The minimum absolute atomic E-state index is 0.855. The zero-order valence-corrected chi connectivity index (χ0v) is 11.3. The topological polar surface area (TPSA) is 29.9 Å². The number of rotatable bonds is 6. The van der Waals surface area contributed by atoms with Crippen LogP contribution in [-0.4, -0.2) is 9.78 Å². The van der Waals surface area contributed by atoms with Crippen LogP contribution < -0.4 is 5.32 Å². The number of hydrogen-bond acceptors (Lipinski definition) is 3. The Kier molecular flexibility index (Phi) is 4.20. The van der Waals surface area contributed by atoms with E-state index in [-0.39, 0.29) is 0 Å². The Morgan fingerprint density at radius 1 is 1.47 bits per heavy atom. The van der Waals surface area contributed by atoms with Crippen molar-refractivity contribution in [3.63, 3.8) is 0 Å². The predicted octanol–water partition coefficient (Wildman–Crippen LogP) is 3.67. The van der Waals surface area contributed by atoms with Crippen LogP contribution in [-0.2, 0) is 13.1 Å². The van der Waals surface area contributed by atoms with Gasteiger partial charge < -0.3 is 5.32 Å². The Bertz CT molecular complexity index is 445. The summed E-state index contributed by atoms with van der Waals surface area (Å²) in [5, 5.41) is 12.2. The highest BCUT2D eigenvalue weighted by molar-refractivity contribution is 7.07. The van der Waals surface area contributed by atoms with Crippen molar-refractivity contribution in [2.75, 3.05) is 5.32 Å². The summed E-state index contributed by atoms with van der Waals surface area (Å²) < 4.78 is 2.08. The maximum atomic E-state index is 4.56. The van der Waals surface area contributed by atoms with Gasteiger partial charge in [-0.25, -0.2) is 0 Å².